The van der Waals surface area contributed by atoms with Crippen molar-refractivity contribution in [3.8, 4) is 11.1 Å². The van der Waals surface area contributed by atoms with Crippen molar-refractivity contribution in [1.82, 2.24) is 25.2 Å². The Hall–Kier alpha value is -5.30. The standard InChI is InChI=1S/C37H38FN7O4/c1-23-27(6-4-8-29(23)43-35-34-26(13-14-40-35)18-25(21-42-34)19-39-15-17-46)28-7-5-9-30(33(28)38)44-36(47)31-12-11-24(20-41-31)22-45-16-3-2-10-32(45)37(48)49/h4-9,11-14,18,20-21,32,39,46H,2-3,10,15-17,19,22H2,1H3,(H,40,43)(H,44,47)(H,48,49). The molecule has 1 aliphatic heterocycles. The number of hydrogen-bond donors (Lipinski definition) is 5. The molecular formula is C37H38FN7O4. The molecule has 6 rings (SSSR count). The van der Waals surface area contributed by atoms with E-state index in [4.69, 9.17) is 5.11 Å². The molecule has 0 spiro atoms. The van der Waals surface area contributed by atoms with Crippen LogP contribution in [-0.2, 0) is 17.9 Å². The molecule has 1 fully saturated rings. The van der Waals surface area contributed by atoms with E-state index in [1.54, 1.807) is 42.9 Å². The lowest BCUT2D eigenvalue weighted by molar-refractivity contribution is -0.144. The lowest BCUT2D eigenvalue weighted by Crippen LogP contribution is -2.44. The zero-order valence-corrected chi connectivity index (χ0v) is 27.1. The second kappa shape index (κ2) is 15.3. The van der Waals surface area contributed by atoms with Crippen LogP contribution in [0.4, 0.5) is 21.6 Å². The van der Waals surface area contributed by atoms with Crippen molar-refractivity contribution in [1.29, 1.82) is 0 Å². The van der Waals surface area contributed by atoms with Crippen LogP contribution in [0.5, 0.6) is 0 Å². The summed E-state index contributed by atoms with van der Waals surface area (Å²) in [4.78, 5) is 40.1. The number of anilines is 3. The zero-order valence-electron chi connectivity index (χ0n) is 27.1. The molecule has 0 aliphatic carbocycles. The smallest absolute Gasteiger partial charge is 0.320 e. The Morgan fingerprint density at radius 1 is 0.959 bits per heavy atom. The van der Waals surface area contributed by atoms with Crippen LogP contribution in [0.2, 0.25) is 0 Å². The fourth-order valence-corrected chi connectivity index (χ4v) is 6.17. The molecule has 5 N–H and O–H groups in total. The van der Waals surface area contributed by atoms with Crippen LogP contribution >= 0.6 is 0 Å². The predicted octanol–water partition coefficient (Wildman–Crippen LogP) is 5.66. The van der Waals surface area contributed by atoms with Gasteiger partial charge in [-0.3, -0.25) is 24.5 Å². The van der Waals surface area contributed by atoms with Gasteiger partial charge in [0.15, 0.2) is 11.6 Å². The molecule has 3 aromatic heterocycles. The highest BCUT2D eigenvalue weighted by atomic mass is 19.1. The maximum Gasteiger partial charge on any atom is 0.320 e. The molecule has 0 bridgehead atoms. The maximum atomic E-state index is 16.0. The first-order valence-electron chi connectivity index (χ1n) is 16.3. The van der Waals surface area contributed by atoms with Gasteiger partial charge in [0.25, 0.3) is 5.91 Å². The van der Waals surface area contributed by atoms with Crippen molar-refractivity contribution in [2.45, 2.75) is 45.3 Å². The van der Waals surface area contributed by atoms with E-state index < -0.39 is 23.7 Å². The molecule has 2 aromatic carbocycles. The van der Waals surface area contributed by atoms with E-state index in [9.17, 15) is 14.7 Å². The Labute approximate surface area is 283 Å². The fourth-order valence-electron chi connectivity index (χ4n) is 6.17. The molecule has 1 amide bonds. The summed E-state index contributed by atoms with van der Waals surface area (Å²) < 4.78 is 16.0. The second-order valence-electron chi connectivity index (χ2n) is 12.1. The first kappa shape index (κ1) is 33.6. The van der Waals surface area contributed by atoms with Crippen LogP contribution in [0, 0.1) is 12.7 Å². The van der Waals surface area contributed by atoms with E-state index in [0.29, 0.717) is 55.1 Å². The summed E-state index contributed by atoms with van der Waals surface area (Å²) in [6.45, 7) is 4.14. The number of likely N-dealkylation sites (tertiary alicyclic amines) is 1. The second-order valence-corrected chi connectivity index (χ2v) is 12.1. The van der Waals surface area contributed by atoms with Gasteiger partial charge in [0, 0.05) is 54.9 Å². The first-order chi connectivity index (χ1) is 23.8. The zero-order chi connectivity index (χ0) is 34.3. The number of benzene rings is 2. The van der Waals surface area contributed by atoms with Gasteiger partial charge in [-0.05, 0) is 78.9 Å². The van der Waals surface area contributed by atoms with Crippen molar-refractivity contribution in [2.75, 3.05) is 30.3 Å². The van der Waals surface area contributed by atoms with Crippen molar-refractivity contribution >= 4 is 40.0 Å². The van der Waals surface area contributed by atoms with Gasteiger partial charge in [-0.15, -0.1) is 0 Å². The molecule has 49 heavy (non-hydrogen) atoms. The third-order valence-corrected chi connectivity index (χ3v) is 8.74. The van der Waals surface area contributed by atoms with Gasteiger partial charge in [-0.2, -0.15) is 0 Å². The number of pyridine rings is 3. The van der Waals surface area contributed by atoms with Crippen molar-refractivity contribution in [3.63, 3.8) is 0 Å². The number of aliphatic hydroxyl groups is 1. The van der Waals surface area contributed by atoms with Crippen LogP contribution in [0.25, 0.3) is 22.0 Å². The summed E-state index contributed by atoms with van der Waals surface area (Å²) in [5.74, 6) is -1.41. The average molecular weight is 664 g/mol. The molecule has 11 nitrogen and oxygen atoms in total. The molecule has 0 saturated carbocycles. The van der Waals surface area contributed by atoms with Gasteiger partial charge >= 0.3 is 5.97 Å². The van der Waals surface area contributed by atoms with Crippen LogP contribution in [0.1, 0.15) is 46.4 Å². The Morgan fingerprint density at radius 2 is 1.76 bits per heavy atom. The largest absolute Gasteiger partial charge is 0.480 e. The number of piperidine rings is 1. The van der Waals surface area contributed by atoms with E-state index in [1.807, 2.05) is 42.2 Å². The molecule has 4 heterocycles. The predicted molar refractivity (Wildman–Crippen MR) is 186 cm³/mol. The molecule has 5 aromatic rings. The van der Waals surface area contributed by atoms with Crippen LogP contribution in [0.3, 0.4) is 0 Å². The van der Waals surface area contributed by atoms with E-state index in [-0.39, 0.29) is 18.0 Å². The lowest BCUT2D eigenvalue weighted by Gasteiger charge is -2.32. The average Bonchev–Trinajstić information content (AvgIpc) is 3.11. The molecular weight excluding hydrogens is 625 g/mol. The maximum absolute atomic E-state index is 16.0. The van der Waals surface area contributed by atoms with Crippen LogP contribution < -0.4 is 16.0 Å². The minimum Gasteiger partial charge on any atom is -0.480 e. The number of aromatic nitrogens is 3. The van der Waals surface area contributed by atoms with E-state index in [0.717, 1.165) is 40.6 Å². The molecule has 252 valence electrons. The summed E-state index contributed by atoms with van der Waals surface area (Å²) in [6, 6.07) is 17.1. The quantitative estimate of drug-likeness (QED) is 0.106. The number of fused-ring (bicyclic) bond motifs is 1. The molecule has 1 aliphatic rings. The monoisotopic (exact) mass is 663 g/mol. The normalized spacial score (nSPS) is 14.9. The summed E-state index contributed by atoms with van der Waals surface area (Å²) in [5.41, 5.74) is 5.08. The Kier molecular flexibility index (Phi) is 10.5. The van der Waals surface area contributed by atoms with Gasteiger partial charge in [0.05, 0.1) is 12.3 Å². The van der Waals surface area contributed by atoms with Crippen LogP contribution in [0.15, 0.2) is 79.3 Å². The summed E-state index contributed by atoms with van der Waals surface area (Å²) >= 11 is 0. The highest BCUT2D eigenvalue weighted by Gasteiger charge is 2.28. The van der Waals surface area contributed by atoms with E-state index in [2.05, 4.69) is 30.9 Å². The van der Waals surface area contributed by atoms with Gasteiger partial charge in [-0.1, -0.05) is 36.8 Å². The highest BCUT2D eigenvalue weighted by Crippen LogP contribution is 2.35. The number of nitrogens with one attached hydrogen (secondary N) is 3. The Balaban J connectivity index is 1.17. The fraction of sp³-hybridized carbons (Fsp3) is 0.270. The van der Waals surface area contributed by atoms with Gasteiger partial charge in [0.1, 0.15) is 17.3 Å². The SMILES string of the molecule is Cc1c(Nc2nccc3cc(CNCCO)cnc23)cccc1-c1cccc(NC(=O)c2ccc(CN3CCCCC3C(=O)O)cn2)c1F. The molecule has 1 atom stereocenters. The number of carboxylic acids is 1. The lowest BCUT2D eigenvalue weighted by atomic mass is 9.98. The van der Waals surface area contributed by atoms with E-state index >= 15 is 4.39 Å². The number of rotatable bonds is 12. The number of halogens is 1. The topological polar surface area (TPSA) is 153 Å². The minimum absolute atomic E-state index is 0.0213. The highest BCUT2D eigenvalue weighted by molar-refractivity contribution is 6.03. The minimum atomic E-state index is -0.830. The number of carboxylic acid groups (broad SMARTS) is 1. The number of carbonyl (C=O) groups excluding carboxylic acids is 1. The van der Waals surface area contributed by atoms with Crippen molar-refractivity contribution < 1.29 is 24.2 Å². The molecule has 1 unspecified atom stereocenters. The van der Waals surface area contributed by atoms with Gasteiger partial charge in [-0.25, -0.2) is 9.37 Å². The number of hydrogen-bond acceptors (Lipinski definition) is 9. The number of carbonyl (C=O) groups is 2. The third kappa shape index (κ3) is 7.72. The number of aliphatic hydroxyl groups excluding tert-OH is 1. The van der Waals surface area contributed by atoms with Gasteiger partial charge in [0.2, 0.25) is 0 Å². The number of amides is 1. The first-order valence-corrected chi connectivity index (χ1v) is 16.3. The van der Waals surface area contributed by atoms with Crippen molar-refractivity contribution in [3.05, 3.63) is 107 Å². The summed E-state index contributed by atoms with van der Waals surface area (Å²) in [7, 11) is 0. The van der Waals surface area contributed by atoms with Crippen molar-refractivity contribution in [2.24, 2.45) is 0 Å². The number of nitrogens with zero attached hydrogens (tertiary/aromatic N) is 4. The molecule has 1 saturated heterocycles. The molecule has 0 radical (unpaired) electrons. The summed E-state index contributed by atoms with van der Waals surface area (Å²) in [5, 5.41) is 28.7. The third-order valence-electron chi connectivity index (χ3n) is 8.74. The Bertz CT molecular complexity index is 1970. The Morgan fingerprint density at radius 3 is 2.53 bits per heavy atom. The van der Waals surface area contributed by atoms with E-state index in [1.165, 1.54) is 6.07 Å². The number of aliphatic carboxylic acids is 1. The van der Waals surface area contributed by atoms with Crippen LogP contribution in [-0.4, -0.2) is 67.7 Å². The van der Waals surface area contributed by atoms with Gasteiger partial charge < -0.3 is 26.2 Å². The summed E-state index contributed by atoms with van der Waals surface area (Å²) in [6.07, 6.45) is 7.47. The molecule has 12 heteroatoms.